The van der Waals surface area contributed by atoms with Crippen LogP contribution in [0.1, 0.15) is 5.69 Å². The van der Waals surface area contributed by atoms with E-state index < -0.39 is 0 Å². The Hall–Kier alpha value is -2.99. The summed E-state index contributed by atoms with van der Waals surface area (Å²) in [6.45, 7) is 1.91. The van der Waals surface area contributed by atoms with Crippen molar-refractivity contribution in [3.05, 3.63) is 59.2 Å². The van der Waals surface area contributed by atoms with Crippen molar-refractivity contribution in [1.82, 2.24) is 9.97 Å². The maximum atomic E-state index is 6.02. The van der Waals surface area contributed by atoms with E-state index in [0.29, 0.717) is 28.3 Å². The molecule has 26 heavy (non-hydrogen) atoms. The minimum Gasteiger partial charge on any atom is -0.493 e. The van der Waals surface area contributed by atoms with E-state index in [1.807, 2.05) is 55.5 Å². The van der Waals surface area contributed by atoms with Crippen LogP contribution in [0.2, 0.25) is 5.02 Å². The van der Waals surface area contributed by atoms with Crippen molar-refractivity contribution in [2.75, 3.05) is 24.9 Å². The van der Waals surface area contributed by atoms with Crippen LogP contribution in [0.25, 0.3) is 0 Å². The zero-order chi connectivity index (χ0) is 18.5. The first kappa shape index (κ1) is 17.8. The Morgan fingerprint density at radius 1 is 0.846 bits per heavy atom. The van der Waals surface area contributed by atoms with E-state index >= 15 is 0 Å². The molecule has 3 rings (SSSR count). The van der Waals surface area contributed by atoms with Gasteiger partial charge in [0.1, 0.15) is 5.82 Å². The van der Waals surface area contributed by atoms with Crippen LogP contribution < -0.4 is 20.1 Å². The lowest BCUT2D eigenvalue weighted by atomic mass is 10.2. The van der Waals surface area contributed by atoms with Crippen molar-refractivity contribution in [1.29, 1.82) is 0 Å². The third-order valence-corrected chi connectivity index (χ3v) is 3.83. The highest BCUT2D eigenvalue weighted by Crippen LogP contribution is 2.31. The zero-order valence-corrected chi connectivity index (χ0v) is 15.5. The molecule has 3 aromatic rings. The molecule has 0 saturated heterocycles. The predicted octanol–water partition coefficient (Wildman–Crippen LogP) is 4.94. The number of hydrogen-bond donors (Lipinski definition) is 2. The molecule has 1 aromatic heterocycles. The van der Waals surface area contributed by atoms with Crippen molar-refractivity contribution >= 4 is 34.7 Å². The fourth-order valence-electron chi connectivity index (χ4n) is 2.45. The van der Waals surface area contributed by atoms with Crippen LogP contribution >= 0.6 is 11.6 Å². The van der Waals surface area contributed by atoms with Gasteiger partial charge in [-0.3, -0.25) is 0 Å². The summed E-state index contributed by atoms with van der Waals surface area (Å²) >= 11 is 6.02. The molecule has 6 nitrogen and oxygen atoms in total. The highest BCUT2D eigenvalue weighted by molar-refractivity contribution is 6.30. The average Bonchev–Trinajstić information content (AvgIpc) is 2.61. The highest BCUT2D eigenvalue weighted by Gasteiger charge is 2.07. The van der Waals surface area contributed by atoms with Crippen LogP contribution in [0.5, 0.6) is 11.5 Å². The molecule has 0 atom stereocenters. The topological polar surface area (TPSA) is 68.3 Å². The Balaban J connectivity index is 1.83. The van der Waals surface area contributed by atoms with Crippen LogP contribution in [0.15, 0.2) is 48.5 Å². The number of ether oxygens (including phenoxy) is 2. The Labute approximate surface area is 157 Å². The molecule has 0 spiro atoms. The molecule has 7 heteroatoms. The average molecular weight is 371 g/mol. The van der Waals surface area contributed by atoms with Crippen LogP contribution in [0.4, 0.5) is 23.1 Å². The number of benzene rings is 2. The molecule has 0 unspecified atom stereocenters. The lowest BCUT2D eigenvalue weighted by molar-refractivity contribution is 0.355. The summed E-state index contributed by atoms with van der Waals surface area (Å²) in [5, 5.41) is 7.06. The second-order valence-electron chi connectivity index (χ2n) is 5.55. The maximum absolute atomic E-state index is 6.02. The Morgan fingerprint density at radius 3 is 2.35 bits per heavy atom. The highest BCUT2D eigenvalue weighted by atomic mass is 35.5. The molecule has 0 aliphatic carbocycles. The molecule has 0 aliphatic heterocycles. The van der Waals surface area contributed by atoms with Crippen molar-refractivity contribution in [3.8, 4) is 11.5 Å². The van der Waals surface area contributed by atoms with Crippen molar-refractivity contribution < 1.29 is 9.47 Å². The molecule has 134 valence electrons. The standard InChI is InChI=1S/C19H19ClN4O2/c1-12-9-18(22-15-7-8-16(25-2)17(11-15)26-3)24-19(21-12)23-14-6-4-5-13(20)10-14/h4-11H,1-3H3,(H2,21,22,23,24). The van der Waals surface area contributed by atoms with Crippen molar-refractivity contribution in [2.24, 2.45) is 0 Å². The smallest absolute Gasteiger partial charge is 0.229 e. The summed E-state index contributed by atoms with van der Waals surface area (Å²) in [6.07, 6.45) is 0. The van der Waals surface area contributed by atoms with Crippen LogP contribution in [-0.2, 0) is 0 Å². The molecule has 0 aliphatic rings. The van der Waals surface area contributed by atoms with E-state index in [-0.39, 0.29) is 0 Å². The minimum absolute atomic E-state index is 0.482. The fourth-order valence-corrected chi connectivity index (χ4v) is 2.64. The Morgan fingerprint density at radius 2 is 1.62 bits per heavy atom. The van der Waals surface area contributed by atoms with Gasteiger partial charge in [0.25, 0.3) is 0 Å². The number of hydrogen-bond acceptors (Lipinski definition) is 6. The van der Waals surface area contributed by atoms with Gasteiger partial charge < -0.3 is 20.1 Å². The van der Waals surface area contributed by atoms with Gasteiger partial charge in [0.15, 0.2) is 11.5 Å². The minimum atomic E-state index is 0.482. The number of aromatic nitrogens is 2. The quantitative estimate of drug-likeness (QED) is 0.640. The first-order valence-corrected chi connectivity index (χ1v) is 8.32. The zero-order valence-electron chi connectivity index (χ0n) is 14.7. The maximum Gasteiger partial charge on any atom is 0.229 e. The number of nitrogens with one attached hydrogen (secondary N) is 2. The van der Waals surface area contributed by atoms with E-state index in [9.17, 15) is 0 Å². The molecule has 0 bridgehead atoms. The van der Waals surface area contributed by atoms with E-state index in [0.717, 1.165) is 17.1 Å². The SMILES string of the molecule is COc1ccc(Nc2cc(C)nc(Nc3cccc(Cl)c3)n2)cc1OC. The van der Waals surface area contributed by atoms with Gasteiger partial charge in [0.05, 0.1) is 14.2 Å². The number of nitrogens with zero attached hydrogens (tertiary/aromatic N) is 2. The van der Waals surface area contributed by atoms with Gasteiger partial charge in [0, 0.05) is 34.2 Å². The van der Waals surface area contributed by atoms with Crippen LogP contribution in [-0.4, -0.2) is 24.2 Å². The second-order valence-corrected chi connectivity index (χ2v) is 5.98. The van der Waals surface area contributed by atoms with E-state index in [1.54, 1.807) is 14.2 Å². The third kappa shape index (κ3) is 4.34. The molecular formula is C19H19ClN4O2. The van der Waals surface area contributed by atoms with Crippen LogP contribution in [0, 0.1) is 6.92 Å². The van der Waals surface area contributed by atoms with Crippen LogP contribution in [0.3, 0.4) is 0 Å². The summed E-state index contributed by atoms with van der Waals surface area (Å²) in [7, 11) is 3.20. The molecular weight excluding hydrogens is 352 g/mol. The second kappa shape index (κ2) is 7.93. The van der Waals surface area contributed by atoms with Gasteiger partial charge >= 0.3 is 0 Å². The van der Waals surface area contributed by atoms with Gasteiger partial charge in [-0.15, -0.1) is 0 Å². The summed E-state index contributed by atoms with van der Waals surface area (Å²) in [5.74, 6) is 2.45. The Kier molecular flexibility index (Phi) is 5.43. The van der Waals surface area contributed by atoms with E-state index in [4.69, 9.17) is 21.1 Å². The molecule has 0 saturated carbocycles. The van der Waals surface area contributed by atoms with Gasteiger partial charge in [-0.2, -0.15) is 4.98 Å². The number of rotatable bonds is 6. The lowest BCUT2D eigenvalue weighted by Gasteiger charge is -2.12. The van der Waals surface area contributed by atoms with Crippen molar-refractivity contribution in [3.63, 3.8) is 0 Å². The molecule has 0 fully saturated rings. The molecule has 0 amide bonds. The molecule has 2 aromatic carbocycles. The first-order chi connectivity index (χ1) is 12.6. The largest absolute Gasteiger partial charge is 0.493 e. The van der Waals surface area contributed by atoms with Gasteiger partial charge in [-0.1, -0.05) is 17.7 Å². The Bertz CT molecular complexity index is 918. The predicted molar refractivity (Wildman–Crippen MR) is 104 cm³/mol. The monoisotopic (exact) mass is 370 g/mol. The summed E-state index contributed by atoms with van der Waals surface area (Å²) in [4.78, 5) is 8.91. The third-order valence-electron chi connectivity index (χ3n) is 3.59. The van der Waals surface area contributed by atoms with Gasteiger partial charge in [-0.25, -0.2) is 4.98 Å². The van der Waals surface area contributed by atoms with E-state index in [2.05, 4.69) is 20.6 Å². The molecule has 0 radical (unpaired) electrons. The van der Waals surface area contributed by atoms with E-state index in [1.165, 1.54) is 0 Å². The van der Waals surface area contributed by atoms with Crippen molar-refractivity contribution in [2.45, 2.75) is 6.92 Å². The number of halogens is 1. The number of aryl methyl sites for hydroxylation is 1. The summed E-state index contributed by atoms with van der Waals surface area (Å²) < 4.78 is 10.6. The first-order valence-electron chi connectivity index (χ1n) is 7.94. The lowest BCUT2D eigenvalue weighted by Crippen LogP contribution is -2.02. The van der Waals surface area contributed by atoms with Gasteiger partial charge in [0.2, 0.25) is 5.95 Å². The number of anilines is 4. The normalized spacial score (nSPS) is 10.3. The summed E-state index contributed by atoms with van der Waals surface area (Å²) in [6, 6.07) is 14.8. The summed E-state index contributed by atoms with van der Waals surface area (Å²) in [5.41, 5.74) is 2.47. The van der Waals surface area contributed by atoms with Gasteiger partial charge in [-0.05, 0) is 37.3 Å². The molecule has 2 N–H and O–H groups in total. The molecule has 1 heterocycles. The fraction of sp³-hybridized carbons (Fsp3) is 0.158. The number of methoxy groups -OCH3 is 2.